The largest absolute Gasteiger partial charge is 0.445 e. The lowest BCUT2D eigenvalue weighted by Gasteiger charge is -2.21. The van der Waals surface area contributed by atoms with Crippen molar-refractivity contribution in [2.24, 2.45) is 0 Å². The van der Waals surface area contributed by atoms with Crippen LogP contribution >= 0.6 is 11.3 Å². The normalized spacial score (nSPS) is 11.5. The Balaban J connectivity index is 2.04. The summed E-state index contributed by atoms with van der Waals surface area (Å²) in [5.41, 5.74) is 0.143. The van der Waals surface area contributed by atoms with E-state index in [1.54, 1.807) is 13.8 Å². The fourth-order valence-electron chi connectivity index (χ4n) is 2.01. The van der Waals surface area contributed by atoms with Crippen LogP contribution in [0.1, 0.15) is 19.4 Å². The molecule has 0 fully saturated rings. The van der Waals surface area contributed by atoms with Gasteiger partial charge < -0.3 is 14.7 Å². The summed E-state index contributed by atoms with van der Waals surface area (Å²) in [6.07, 6.45) is 0.755. The summed E-state index contributed by atoms with van der Waals surface area (Å²) in [4.78, 5) is 17.6. The first kappa shape index (κ1) is 18.6. The average molecular weight is 364 g/mol. The smallest absolute Gasteiger partial charge is 0.323 e. The van der Waals surface area contributed by atoms with Crippen molar-refractivity contribution in [1.82, 2.24) is 9.88 Å². The molecule has 0 bridgehead atoms. The number of hydrogen-bond acceptors (Lipinski definition) is 6. The highest BCUT2D eigenvalue weighted by atomic mass is 32.1. The lowest BCUT2D eigenvalue weighted by molar-refractivity contribution is 0.141. The van der Waals surface area contributed by atoms with E-state index < -0.39 is 11.9 Å². The van der Waals surface area contributed by atoms with Gasteiger partial charge in [0.1, 0.15) is 11.6 Å². The number of nitriles is 1. The van der Waals surface area contributed by atoms with Gasteiger partial charge in [-0.1, -0.05) is 11.3 Å². The number of rotatable bonds is 6. The van der Waals surface area contributed by atoms with Crippen LogP contribution in [0.3, 0.4) is 0 Å². The van der Waals surface area contributed by atoms with Crippen molar-refractivity contribution < 1.29 is 19.0 Å². The minimum atomic E-state index is -0.636. The average Bonchev–Trinajstić information content (AvgIpc) is 2.98. The molecule has 2 N–H and O–H groups in total. The molecule has 0 radical (unpaired) electrons. The van der Waals surface area contributed by atoms with E-state index in [1.807, 2.05) is 6.07 Å². The summed E-state index contributed by atoms with van der Waals surface area (Å²) in [7, 11) is 0. The van der Waals surface area contributed by atoms with Gasteiger partial charge in [-0.3, -0.25) is 5.32 Å². The maximum absolute atomic E-state index is 13.4. The Bertz CT molecular complexity index is 788. The van der Waals surface area contributed by atoms with E-state index in [-0.39, 0.29) is 23.9 Å². The Morgan fingerprint density at radius 1 is 1.56 bits per heavy atom. The molecule has 0 saturated heterocycles. The number of ether oxygens (including phenoxy) is 1. The fourth-order valence-corrected chi connectivity index (χ4v) is 2.69. The van der Waals surface area contributed by atoms with Gasteiger partial charge in [0.2, 0.25) is 5.06 Å². The minimum absolute atomic E-state index is 0.143. The second-order valence-electron chi connectivity index (χ2n) is 5.19. The van der Waals surface area contributed by atoms with E-state index in [0.29, 0.717) is 16.7 Å². The van der Waals surface area contributed by atoms with Crippen molar-refractivity contribution in [1.29, 1.82) is 5.26 Å². The third kappa shape index (κ3) is 5.41. The van der Waals surface area contributed by atoms with E-state index in [0.717, 1.165) is 23.5 Å². The van der Waals surface area contributed by atoms with Gasteiger partial charge in [-0.05, 0) is 26.0 Å². The molecule has 2 rings (SSSR count). The molecule has 132 valence electrons. The molecule has 2 amide bonds. The Morgan fingerprint density at radius 3 is 2.96 bits per heavy atom. The maximum Gasteiger partial charge on any atom is 0.323 e. The zero-order chi connectivity index (χ0) is 18.4. The van der Waals surface area contributed by atoms with Gasteiger partial charge in [-0.15, -0.1) is 0 Å². The van der Waals surface area contributed by atoms with E-state index in [2.05, 4.69) is 10.3 Å². The highest BCUT2D eigenvalue weighted by Crippen LogP contribution is 2.31. The van der Waals surface area contributed by atoms with Crippen LogP contribution in [0, 0.1) is 17.1 Å². The number of benzene rings is 1. The summed E-state index contributed by atoms with van der Waals surface area (Å²) in [5, 5.41) is 21.5. The minimum Gasteiger partial charge on any atom is -0.445 e. The standard InChI is InChI=1S/C16H17FN4O3S/c1-3-21(9-10(2)22)16(23)20-15-19-8-14(25-15)24-13-5-11(7-18)4-12(17)6-13/h4-6,8,10,22H,3,9H2,1-2H3,(H,19,20,23)/t10-/m0/s1. The van der Waals surface area contributed by atoms with Crippen molar-refractivity contribution in [3.8, 4) is 16.9 Å². The van der Waals surface area contributed by atoms with Crippen molar-refractivity contribution in [2.75, 3.05) is 18.4 Å². The molecule has 25 heavy (non-hydrogen) atoms. The van der Waals surface area contributed by atoms with Crippen LogP contribution in [0.5, 0.6) is 10.8 Å². The maximum atomic E-state index is 13.4. The van der Waals surface area contributed by atoms with Crippen LogP contribution in [0.2, 0.25) is 0 Å². The zero-order valence-electron chi connectivity index (χ0n) is 13.7. The highest BCUT2D eigenvalue weighted by molar-refractivity contribution is 7.17. The Morgan fingerprint density at radius 2 is 2.32 bits per heavy atom. The Kier molecular flexibility index (Phi) is 6.27. The SMILES string of the molecule is CCN(C[C@H](C)O)C(=O)Nc1ncc(Oc2cc(F)cc(C#N)c2)s1. The lowest BCUT2D eigenvalue weighted by atomic mass is 10.2. The topological polar surface area (TPSA) is 98.5 Å². The second-order valence-corrected chi connectivity index (χ2v) is 6.18. The summed E-state index contributed by atoms with van der Waals surface area (Å²) in [5.74, 6) is -0.411. The number of nitrogens with zero attached hydrogens (tertiary/aromatic N) is 3. The second kappa shape index (κ2) is 8.41. The van der Waals surface area contributed by atoms with Gasteiger partial charge in [0, 0.05) is 19.2 Å². The first-order chi connectivity index (χ1) is 11.9. The molecular formula is C16H17FN4O3S. The molecule has 0 aliphatic rings. The molecule has 0 spiro atoms. The molecule has 1 aromatic heterocycles. The number of carbonyl (C=O) groups excluding carboxylic acids is 1. The summed E-state index contributed by atoms with van der Waals surface area (Å²) < 4.78 is 18.9. The number of carbonyl (C=O) groups is 1. The quantitative estimate of drug-likeness (QED) is 0.820. The highest BCUT2D eigenvalue weighted by Gasteiger charge is 2.16. The van der Waals surface area contributed by atoms with E-state index in [9.17, 15) is 14.3 Å². The number of halogens is 1. The van der Waals surface area contributed by atoms with Crippen molar-refractivity contribution in [3.05, 3.63) is 35.8 Å². The van der Waals surface area contributed by atoms with E-state index in [4.69, 9.17) is 10.00 Å². The molecule has 7 nitrogen and oxygen atoms in total. The van der Waals surface area contributed by atoms with Crippen LogP contribution in [0.4, 0.5) is 14.3 Å². The number of likely N-dealkylation sites (N-methyl/N-ethyl adjacent to an activating group) is 1. The monoisotopic (exact) mass is 364 g/mol. The summed E-state index contributed by atoms with van der Waals surface area (Å²) >= 11 is 1.06. The first-order valence-corrected chi connectivity index (χ1v) is 8.31. The summed E-state index contributed by atoms with van der Waals surface area (Å²) in [6.45, 7) is 4.04. The van der Waals surface area contributed by atoms with Crippen molar-refractivity contribution in [3.63, 3.8) is 0 Å². The third-order valence-corrected chi connectivity index (χ3v) is 3.86. The van der Waals surface area contributed by atoms with Gasteiger partial charge in [0.05, 0.1) is 23.9 Å². The van der Waals surface area contributed by atoms with Gasteiger partial charge in [-0.2, -0.15) is 5.26 Å². The number of nitrogens with one attached hydrogen (secondary N) is 1. The van der Waals surface area contributed by atoms with E-state index >= 15 is 0 Å². The van der Waals surface area contributed by atoms with Gasteiger partial charge in [-0.25, -0.2) is 14.2 Å². The van der Waals surface area contributed by atoms with Gasteiger partial charge in [0.15, 0.2) is 5.13 Å². The molecule has 2 aromatic rings. The fraction of sp³-hybridized carbons (Fsp3) is 0.312. The number of aliphatic hydroxyl groups is 1. The number of aromatic nitrogens is 1. The molecule has 0 aliphatic carbocycles. The summed E-state index contributed by atoms with van der Waals surface area (Å²) in [6, 6.07) is 5.12. The Hall–Kier alpha value is -2.70. The predicted molar refractivity (Wildman–Crippen MR) is 91.2 cm³/mol. The number of urea groups is 1. The first-order valence-electron chi connectivity index (χ1n) is 7.49. The number of anilines is 1. The molecule has 0 aliphatic heterocycles. The van der Waals surface area contributed by atoms with Gasteiger partial charge in [0.25, 0.3) is 0 Å². The van der Waals surface area contributed by atoms with Crippen LogP contribution in [-0.2, 0) is 0 Å². The van der Waals surface area contributed by atoms with Crippen LogP contribution < -0.4 is 10.1 Å². The molecule has 0 saturated carbocycles. The van der Waals surface area contributed by atoms with Crippen LogP contribution in [0.25, 0.3) is 0 Å². The van der Waals surface area contributed by atoms with Crippen LogP contribution in [0.15, 0.2) is 24.4 Å². The number of amides is 2. The lowest BCUT2D eigenvalue weighted by Crippen LogP contribution is -2.39. The molecule has 1 heterocycles. The molecule has 1 aromatic carbocycles. The van der Waals surface area contributed by atoms with Crippen molar-refractivity contribution in [2.45, 2.75) is 20.0 Å². The molecular weight excluding hydrogens is 347 g/mol. The van der Waals surface area contributed by atoms with E-state index in [1.165, 1.54) is 17.2 Å². The van der Waals surface area contributed by atoms with Gasteiger partial charge >= 0.3 is 6.03 Å². The number of thiazole rings is 1. The molecule has 1 atom stereocenters. The predicted octanol–water partition coefficient (Wildman–Crippen LogP) is 3.18. The zero-order valence-corrected chi connectivity index (χ0v) is 14.5. The molecule has 9 heteroatoms. The molecule has 0 unspecified atom stereocenters. The third-order valence-electron chi connectivity index (χ3n) is 3.07. The number of hydrogen-bond donors (Lipinski definition) is 2. The van der Waals surface area contributed by atoms with Crippen LogP contribution in [-0.4, -0.2) is 40.2 Å². The van der Waals surface area contributed by atoms with Crippen molar-refractivity contribution >= 4 is 22.5 Å². The number of aliphatic hydroxyl groups excluding tert-OH is 1. The Labute approximate surface area is 148 Å².